The SMILES string of the molecule is COC(=O)[C@@H]1CC=C[N+]1(C(=O)O)C(C)(C)C. The fourth-order valence-corrected chi connectivity index (χ4v) is 2.20. The number of rotatable bonds is 1. The average Bonchev–Trinajstić information content (AvgIpc) is 2.60. The highest BCUT2D eigenvalue weighted by atomic mass is 16.5. The molecule has 0 fully saturated rings. The first-order chi connectivity index (χ1) is 7.27. The Balaban J connectivity index is 3.24. The number of hydrogen-bond donors (Lipinski definition) is 1. The number of amides is 1. The van der Waals surface area contributed by atoms with Crippen LogP contribution in [0.2, 0.25) is 0 Å². The van der Waals surface area contributed by atoms with Crippen LogP contribution in [0.1, 0.15) is 27.2 Å². The van der Waals surface area contributed by atoms with Gasteiger partial charge in [-0.2, -0.15) is 9.28 Å². The number of carbonyl (C=O) groups is 2. The lowest BCUT2D eigenvalue weighted by Crippen LogP contribution is -2.65. The number of hydrogen-bond acceptors (Lipinski definition) is 3. The molecule has 0 aromatic carbocycles. The molecule has 1 aliphatic rings. The van der Waals surface area contributed by atoms with Crippen LogP contribution < -0.4 is 0 Å². The zero-order valence-electron chi connectivity index (χ0n) is 10.1. The van der Waals surface area contributed by atoms with Crippen molar-refractivity contribution in [1.82, 2.24) is 0 Å². The number of carboxylic acid groups (broad SMARTS) is 1. The molecular formula is C11H18NO4+. The van der Waals surface area contributed by atoms with Crippen molar-refractivity contribution in [2.45, 2.75) is 38.8 Å². The van der Waals surface area contributed by atoms with Gasteiger partial charge in [0.2, 0.25) is 6.04 Å². The molecule has 0 aliphatic carbocycles. The van der Waals surface area contributed by atoms with Gasteiger partial charge in [-0.25, -0.2) is 4.79 Å². The highest BCUT2D eigenvalue weighted by Gasteiger charge is 2.57. The highest BCUT2D eigenvalue weighted by molar-refractivity contribution is 5.78. The minimum atomic E-state index is -1.03. The summed E-state index contributed by atoms with van der Waals surface area (Å²) in [6.07, 6.45) is 2.66. The van der Waals surface area contributed by atoms with Crippen molar-refractivity contribution in [1.29, 1.82) is 0 Å². The Morgan fingerprint density at radius 3 is 2.38 bits per heavy atom. The predicted molar refractivity (Wildman–Crippen MR) is 57.6 cm³/mol. The van der Waals surface area contributed by atoms with Gasteiger partial charge in [0.15, 0.2) is 0 Å². The molecule has 1 aliphatic heterocycles. The van der Waals surface area contributed by atoms with Gasteiger partial charge in [0.1, 0.15) is 11.7 Å². The number of carbonyl (C=O) groups excluding carboxylic acids is 1. The van der Waals surface area contributed by atoms with Crippen LogP contribution in [-0.4, -0.2) is 40.3 Å². The van der Waals surface area contributed by atoms with E-state index in [4.69, 9.17) is 0 Å². The first-order valence-corrected chi connectivity index (χ1v) is 5.15. The van der Waals surface area contributed by atoms with Gasteiger partial charge in [-0.15, -0.1) is 0 Å². The molecule has 0 aromatic heterocycles. The molecular weight excluding hydrogens is 210 g/mol. The Bertz CT molecular complexity index is 342. The van der Waals surface area contributed by atoms with Gasteiger partial charge >= 0.3 is 12.1 Å². The molecule has 1 amide bonds. The lowest BCUT2D eigenvalue weighted by molar-refractivity contribution is -0.866. The van der Waals surface area contributed by atoms with Crippen molar-refractivity contribution < 1.29 is 23.9 Å². The zero-order chi connectivity index (χ0) is 12.6. The summed E-state index contributed by atoms with van der Waals surface area (Å²) >= 11 is 0. The van der Waals surface area contributed by atoms with Crippen molar-refractivity contribution >= 4 is 12.1 Å². The van der Waals surface area contributed by atoms with Crippen LogP contribution in [0.15, 0.2) is 12.3 Å². The normalized spacial score (nSPS) is 29.1. The molecule has 0 bridgehead atoms. The molecule has 0 aromatic rings. The van der Waals surface area contributed by atoms with Crippen molar-refractivity contribution in [2.75, 3.05) is 7.11 Å². The van der Waals surface area contributed by atoms with Gasteiger partial charge in [-0.1, -0.05) is 0 Å². The maximum atomic E-state index is 11.6. The Kier molecular flexibility index (Phi) is 3.10. The molecule has 1 heterocycles. The lowest BCUT2D eigenvalue weighted by Gasteiger charge is -2.41. The molecule has 1 N–H and O–H groups in total. The Labute approximate surface area is 94.9 Å². The number of methoxy groups -OCH3 is 1. The van der Waals surface area contributed by atoms with Crippen LogP contribution in [0.25, 0.3) is 0 Å². The summed E-state index contributed by atoms with van der Waals surface area (Å²) in [6.45, 7) is 5.40. The van der Waals surface area contributed by atoms with Crippen molar-refractivity contribution in [2.24, 2.45) is 0 Å². The van der Waals surface area contributed by atoms with Gasteiger partial charge in [-0.3, -0.25) is 0 Å². The monoisotopic (exact) mass is 228 g/mol. The minimum absolute atomic E-state index is 0.399. The molecule has 0 radical (unpaired) electrons. The van der Waals surface area contributed by atoms with E-state index in [1.165, 1.54) is 7.11 Å². The molecule has 5 nitrogen and oxygen atoms in total. The summed E-state index contributed by atoms with van der Waals surface area (Å²) in [4.78, 5) is 23.2. The van der Waals surface area contributed by atoms with E-state index >= 15 is 0 Å². The second-order valence-corrected chi connectivity index (χ2v) is 4.89. The largest absolute Gasteiger partial charge is 0.519 e. The van der Waals surface area contributed by atoms with Crippen LogP contribution in [0.3, 0.4) is 0 Å². The molecule has 16 heavy (non-hydrogen) atoms. The zero-order valence-corrected chi connectivity index (χ0v) is 10.1. The van der Waals surface area contributed by atoms with E-state index in [9.17, 15) is 14.7 Å². The quantitative estimate of drug-likeness (QED) is 0.548. The van der Waals surface area contributed by atoms with Crippen molar-refractivity contribution in [3.63, 3.8) is 0 Å². The van der Waals surface area contributed by atoms with E-state index in [-0.39, 0.29) is 0 Å². The lowest BCUT2D eigenvalue weighted by atomic mass is 9.99. The molecule has 0 saturated carbocycles. The summed E-state index contributed by atoms with van der Waals surface area (Å²) < 4.78 is 4.27. The Morgan fingerprint density at radius 2 is 2.00 bits per heavy atom. The molecule has 0 saturated heterocycles. The summed E-state index contributed by atoms with van der Waals surface area (Å²) in [5.74, 6) is -0.484. The van der Waals surface area contributed by atoms with Gasteiger partial charge in [0, 0.05) is 6.42 Å². The molecule has 1 rings (SSSR count). The van der Waals surface area contributed by atoms with Crippen molar-refractivity contribution in [3.05, 3.63) is 12.3 Å². The number of esters is 1. The van der Waals surface area contributed by atoms with Crippen LogP contribution in [-0.2, 0) is 9.53 Å². The predicted octanol–water partition coefficient (Wildman–Crippen LogP) is 1.74. The van der Waals surface area contributed by atoms with Crippen molar-refractivity contribution in [3.8, 4) is 0 Å². The summed E-state index contributed by atoms with van der Waals surface area (Å²) in [5.41, 5.74) is -0.600. The van der Waals surface area contributed by atoms with Crippen LogP contribution >= 0.6 is 0 Å². The third-order valence-electron chi connectivity index (χ3n) is 3.09. The second-order valence-electron chi connectivity index (χ2n) is 4.89. The second kappa shape index (κ2) is 3.90. The Hall–Kier alpha value is -1.36. The standard InChI is InChI=1S/C11H17NO4/c1-11(2,3)12(10(14)15)7-5-6-8(12)9(13)16-4/h5,7-8H,6H2,1-4H3/p+1/t8-,12?/m0/s1. The maximum absolute atomic E-state index is 11.6. The molecule has 0 spiro atoms. The summed E-state index contributed by atoms with van der Waals surface area (Å²) in [6, 6.07) is -0.692. The first kappa shape index (κ1) is 12.7. The van der Waals surface area contributed by atoms with E-state index in [0.717, 1.165) is 0 Å². The number of nitrogens with zero attached hydrogens (tertiary/aromatic N) is 1. The maximum Gasteiger partial charge on any atom is 0.519 e. The summed E-state index contributed by atoms with van der Waals surface area (Å²) in [7, 11) is 1.28. The minimum Gasteiger partial charge on any atom is -0.465 e. The van der Waals surface area contributed by atoms with E-state index < -0.39 is 28.1 Å². The van der Waals surface area contributed by atoms with Crippen LogP contribution in [0.4, 0.5) is 4.79 Å². The fourth-order valence-electron chi connectivity index (χ4n) is 2.20. The highest BCUT2D eigenvalue weighted by Crippen LogP contribution is 2.36. The number of ether oxygens (including phenoxy) is 1. The Morgan fingerprint density at radius 1 is 1.44 bits per heavy atom. The van der Waals surface area contributed by atoms with Gasteiger partial charge in [-0.05, 0) is 26.8 Å². The van der Waals surface area contributed by atoms with Crippen LogP contribution in [0, 0.1) is 0 Å². The fraction of sp³-hybridized carbons (Fsp3) is 0.636. The van der Waals surface area contributed by atoms with E-state index in [1.54, 1.807) is 33.0 Å². The average molecular weight is 228 g/mol. The van der Waals surface area contributed by atoms with E-state index in [2.05, 4.69) is 4.74 Å². The van der Waals surface area contributed by atoms with Crippen LogP contribution in [0.5, 0.6) is 0 Å². The first-order valence-electron chi connectivity index (χ1n) is 5.15. The molecule has 1 unspecified atom stereocenters. The third-order valence-corrected chi connectivity index (χ3v) is 3.09. The smallest absolute Gasteiger partial charge is 0.465 e. The van der Waals surface area contributed by atoms with Gasteiger partial charge in [0.05, 0.1) is 7.11 Å². The molecule has 5 heteroatoms. The van der Waals surface area contributed by atoms with E-state index in [1.807, 2.05) is 0 Å². The van der Waals surface area contributed by atoms with E-state index in [0.29, 0.717) is 6.42 Å². The molecule has 2 atom stereocenters. The third kappa shape index (κ3) is 1.61. The topological polar surface area (TPSA) is 63.6 Å². The van der Waals surface area contributed by atoms with Gasteiger partial charge < -0.3 is 9.84 Å². The number of quaternary nitrogens is 1. The molecule has 90 valence electrons. The van der Waals surface area contributed by atoms with Gasteiger partial charge in [0.25, 0.3) is 0 Å². The summed E-state index contributed by atoms with van der Waals surface area (Å²) in [5, 5.41) is 9.43.